The summed E-state index contributed by atoms with van der Waals surface area (Å²) in [6.45, 7) is 3.49. The minimum atomic E-state index is 0.0498. The molecule has 2 aromatic rings. The Kier molecular flexibility index (Phi) is 5.13. The van der Waals surface area contributed by atoms with Crippen LogP contribution in [0.4, 0.5) is 0 Å². The van der Waals surface area contributed by atoms with E-state index in [-0.39, 0.29) is 12.0 Å². The molecule has 23 heavy (non-hydrogen) atoms. The standard InChI is InChI=1S/C19H23NO3/c1-14-4-6-15(7-5-14)18-10-8-16(23-18)9-11-19(21)20-13-17-3-2-12-22-17/h4-8,10,17H,2-3,9,11-13H2,1H3,(H,20,21)/t17-/m1/s1. The molecule has 1 amide bonds. The number of nitrogens with one attached hydrogen (secondary N) is 1. The second kappa shape index (κ2) is 7.47. The summed E-state index contributed by atoms with van der Waals surface area (Å²) in [7, 11) is 0. The fourth-order valence-corrected chi connectivity index (χ4v) is 2.74. The molecule has 1 aromatic carbocycles. The highest BCUT2D eigenvalue weighted by molar-refractivity contribution is 5.76. The Morgan fingerprint density at radius 2 is 2.04 bits per heavy atom. The van der Waals surface area contributed by atoms with Crippen LogP contribution >= 0.6 is 0 Å². The fourth-order valence-electron chi connectivity index (χ4n) is 2.74. The lowest BCUT2D eigenvalue weighted by Gasteiger charge is -2.10. The van der Waals surface area contributed by atoms with Crippen LogP contribution in [0.1, 0.15) is 30.6 Å². The van der Waals surface area contributed by atoms with Crippen LogP contribution in [0.2, 0.25) is 0 Å². The highest BCUT2D eigenvalue weighted by Gasteiger charge is 2.16. The first-order valence-electron chi connectivity index (χ1n) is 8.25. The first-order chi connectivity index (χ1) is 11.2. The topological polar surface area (TPSA) is 51.5 Å². The third-order valence-electron chi connectivity index (χ3n) is 4.15. The van der Waals surface area contributed by atoms with E-state index in [1.165, 1.54) is 5.56 Å². The molecule has 1 fully saturated rings. The fraction of sp³-hybridized carbons (Fsp3) is 0.421. The SMILES string of the molecule is Cc1ccc(-c2ccc(CCC(=O)NC[C@H]3CCCO3)o2)cc1. The lowest BCUT2D eigenvalue weighted by atomic mass is 10.1. The average Bonchev–Trinajstić information content (AvgIpc) is 3.23. The minimum Gasteiger partial charge on any atom is -0.461 e. The van der Waals surface area contributed by atoms with Gasteiger partial charge >= 0.3 is 0 Å². The summed E-state index contributed by atoms with van der Waals surface area (Å²) >= 11 is 0. The molecule has 0 spiro atoms. The van der Waals surface area contributed by atoms with Crippen molar-refractivity contribution in [3.05, 3.63) is 47.7 Å². The predicted molar refractivity (Wildman–Crippen MR) is 89.2 cm³/mol. The largest absolute Gasteiger partial charge is 0.461 e. The highest BCUT2D eigenvalue weighted by Crippen LogP contribution is 2.23. The van der Waals surface area contributed by atoms with Crippen molar-refractivity contribution in [1.29, 1.82) is 0 Å². The number of hydrogen-bond donors (Lipinski definition) is 1. The van der Waals surface area contributed by atoms with Gasteiger partial charge in [-0.05, 0) is 31.9 Å². The lowest BCUT2D eigenvalue weighted by Crippen LogP contribution is -2.31. The minimum absolute atomic E-state index is 0.0498. The van der Waals surface area contributed by atoms with E-state index >= 15 is 0 Å². The molecule has 4 heteroatoms. The number of ether oxygens (including phenoxy) is 1. The number of furan rings is 1. The van der Waals surface area contributed by atoms with Crippen LogP contribution in [-0.4, -0.2) is 25.2 Å². The van der Waals surface area contributed by atoms with Gasteiger partial charge in [0, 0.05) is 31.6 Å². The van der Waals surface area contributed by atoms with Crippen LogP contribution < -0.4 is 5.32 Å². The van der Waals surface area contributed by atoms with Crippen LogP contribution in [-0.2, 0) is 16.0 Å². The molecule has 1 aromatic heterocycles. The Labute approximate surface area is 136 Å². The molecule has 4 nitrogen and oxygen atoms in total. The van der Waals surface area contributed by atoms with Gasteiger partial charge in [0.05, 0.1) is 6.10 Å². The Morgan fingerprint density at radius 3 is 2.78 bits per heavy atom. The van der Waals surface area contributed by atoms with Crippen LogP contribution in [0.3, 0.4) is 0 Å². The monoisotopic (exact) mass is 313 g/mol. The molecule has 1 N–H and O–H groups in total. The third kappa shape index (κ3) is 4.45. The van der Waals surface area contributed by atoms with Crippen LogP contribution in [0, 0.1) is 6.92 Å². The Bertz CT molecular complexity index is 639. The maximum Gasteiger partial charge on any atom is 0.220 e. The van der Waals surface area contributed by atoms with Crippen molar-refractivity contribution >= 4 is 5.91 Å². The van der Waals surface area contributed by atoms with E-state index in [0.29, 0.717) is 19.4 Å². The van der Waals surface area contributed by atoms with Gasteiger partial charge in [0.15, 0.2) is 0 Å². The molecule has 1 saturated heterocycles. The molecule has 1 aliphatic heterocycles. The smallest absolute Gasteiger partial charge is 0.220 e. The van der Waals surface area contributed by atoms with E-state index in [9.17, 15) is 4.79 Å². The molecule has 0 aliphatic carbocycles. The van der Waals surface area contributed by atoms with E-state index in [4.69, 9.17) is 9.15 Å². The van der Waals surface area contributed by atoms with Gasteiger partial charge in [-0.2, -0.15) is 0 Å². The second-order valence-corrected chi connectivity index (χ2v) is 6.07. The van der Waals surface area contributed by atoms with E-state index in [1.807, 2.05) is 24.3 Å². The van der Waals surface area contributed by atoms with E-state index in [1.54, 1.807) is 0 Å². The molecule has 1 atom stereocenters. The maximum atomic E-state index is 11.9. The number of carbonyl (C=O) groups excluding carboxylic acids is 1. The highest BCUT2D eigenvalue weighted by atomic mass is 16.5. The van der Waals surface area contributed by atoms with Gasteiger partial charge in [0.25, 0.3) is 0 Å². The van der Waals surface area contributed by atoms with E-state index in [0.717, 1.165) is 36.5 Å². The Balaban J connectivity index is 1.47. The van der Waals surface area contributed by atoms with Crippen molar-refractivity contribution in [3.63, 3.8) is 0 Å². The van der Waals surface area contributed by atoms with Gasteiger partial charge in [-0.25, -0.2) is 0 Å². The van der Waals surface area contributed by atoms with Gasteiger partial charge in [0.1, 0.15) is 11.5 Å². The van der Waals surface area contributed by atoms with Crippen LogP contribution in [0.25, 0.3) is 11.3 Å². The normalized spacial score (nSPS) is 17.3. The van der Waals surface area contributed by atoms with Gasteiger partial charge in [-0.1, -0.05) is 29.8 Å². The number of rotatable bonds is 6. The van der Waals surface area contributed by atoms with Gasteiger partial charge in [-0.15, -0.1) is 0 Å². The molecular weight excluding hydrogens is 290 g/mol. The first kappa shape index (κ1) is 15.8. The number of carbonyl (C=O) groups is 1. The van der Waals surface area contributed by atoms with Crippen molar-refractivity contribution in [3.8, 4) is 11.3 Å². The zero-order valence-corrected chi connectivity index (χ0v) is 13.5. The molecule has 0 radical (unpaired) electrons. The van der Waals surface area contributed by atoms with E-state index < -0.39 is 0 Å². The summed E-state index contributed by atoms with van der Waals surface area (Å²) in [5.41, 5.74) is 2.29. The molecule has 0 unspecified atom stereocenters. The number of benzene rings is 1. The molecule has 1 aliphatic rings. The lowest BCUT2D eigenvalue weighted by molar-refractivity contribution is -0.121. The first-order valence-corrected chi connectivity index (χ1v) is 8.25. The third-order valence-corrected chi connectivity index (χ3v) is 4.15. The predicted octanol–water partition coefficient (Wildman–Crippen LogP) is 3.48. The Hall–Kier alpha value is -2.07. The summed E-state index contributed by atoms with van der Waals surface area (Å²) < 4.78 is 11.3. The molecule has 3 rings (SSSR count). The zero-order valence-electron chi connectivity index (χ0n) is 13.5. The molecule has 0 bridgehead atoms. The average molecular weight is 313 g/mol. The molecule has 2 heterocycles. The number of hydrogen-bond acceptors (Lipinski definition) is 3. The summed E-state index contributed by atoms with van der Waals surface area (Å²) in [6, 6.07) is 12.1. The van der Waals surface area contributed by atoms with Crippen molar-refractivity contribution in [2.75, 3.05) is 13.2 Å². The number of amides is 1. The second-order valence-electron chi connectivity index (χ2n) is 6.07. The summed E-state index contributed by atoms with van der Waals surface area (Å²) in [5.74, 6) is 1.74. The van der Waals surface area contributed by atoms with Crippen molar-refractivity contribution in [1.82, 2.24) is 5.32 Å². The molecular formula is C19H23NO3. The van der Waals surface area contributed by atoms with Crippen molar-refractivity contribution in [2.24, 2.45) is 0 Å². The van der Waals surface area contributed by atoms with Gasteiger partial charge in [0.2, 0.25) is 5.91 Å². The zero-order chi connectivity index (χ0) is 16.1. The van der Waals surface area contributed by atoms with Crippen LogP contribution in [0.5, 0.6) is 0 Å². The van der Waals surface area contributed by atoms with E-state index in [2.05, 4.69) is 24.4 Å². The summed E-state index contributed by atoms with van der Waals surface area (Å²) in [5, 5.41) is 2.93. The Morgan fingerprint density at radius 1 is 1.22 bits per heavy atom. The molecule has 0 saturated carbocycles. The molecule has 122 valence electrons. The van der Waals surface area contributed by atoms with Gasteiger partial charge < -0.3 is 14.5 Å². The number of aryl methyl sites for hydroxylation is 2. The quantitative estimate of drug-likeness (QED) is 0.888. The van der Waals surface area contributed by atoms with Crippen molar-refractivity contribution in [2.45, 2.75) is 38.7 Å². The van der Waals surface area contributed by atoms with Crippen LogP contribution in [0.15, 0.2) is 40.8 Å². The van der Waals surface area contributed by atoms with Gasteiger partial charge in [-0.3, -0.25) is 4.79 Å². The summed E-state index contributed by atoms with van der Waals surface area (Å²) in [6.07, 6.45) is 3.37. The van der Waals surface area contributed by atoms with Crippen molar-refractivity contribution < 1.29 is 13.9 Å². The maximum absolute atomic E-state index is 11.9. The summed E-state index contributed by atoms with van der Waals surface area (Å²) in [4.78, 5) is 11.9.